The molecule has 1 aromatic heterocycles. The van der Waals surface area contributed by atoms with Gasteiger partial charge in [-0.25, -0.2) is 4.98 Å². The lowest BCUT2D eigenvalue weighted by molar-refractivity contribution is -0.121. The molecule has 1 saturated heterocycles. The number of aromatic nitrogens is 1. The van der Waals surface area contributed by atoms with Crippen molar-refractivity contribution in [3.63, 3.8) is 0 Å². The smallest absolute Gasteiger partial charge is 0.258 e. The van der Waals surface area contributed by atoms with E-state index in [0.29, 0.717) is 28.1 Å². The van der Waals surface area contributed by atoms with E-state index in [1.165, 1.54) is 6.20 Å². The van der Waals surface area contributed by atoms with Crippen LogP contribution in [-0.4, -0.2) is 40.8 Å². The fourth-order valence-electron chi connectivity index (χ4n) is 3.36. The highest BCUT2D eigenvalue weighted by Crippen LogP contribution is 2.25. The van der Waals surface area contributed by atoms with Crippen LogP contribution in [0.1, 0.15) is 37.0 Å². The first kappa shape index (κ1) is 21.7. The lowest BCUT2D eigenvalue weighted by Crippen LogP contribution is -2.41. The first-order valence-corrected chi connectivity index (χ1v) is 10.8. The molecule has 2 aromatic rings. The van der Waals surface area contributed by atoms with Crippen LogP contribution in [0.3, 0.4) is 0 Å². The van der Waals surface area contributed by atoms with Gasteiger partial charge in [0.15, 0.2) is 0 Å². The highest BCUT2D eigenvalue weighted by Gasteiger charge is 2.27. The number of amides is 2. The molecule has 1 aliphatic rings. The zero-order valence-corrected chi connectivity index (χ0v) is 18.8. The molecule has 0 bridgehead atoms. The molecule has 29 heavy (non-hydrogen) atoms. The summed E-state index contributed by atoms with van der Waals surface area (Å²) in [6.07, 6.45) is 3.10. The summed E-state index contributed by atoms with van der Waals surface area (Å²) in [5, 5.41) is 6.17. The number of hydrogen-bond donors (Lipinski definition) is 2. The van der Waals surface area contributed by atoms with Crippen molar-refractivity contribution in [3.05, 3.63) is 51.6 Å². The molecule has 1 aromatic carbocycles. The average molecular weight is 480 g/mol. The molecule has 2 heterocycles. The Kier molecular flexibility index (Phi) is 7.27. The molecule has 3 rings (SSSR count). The van der Waals surface area contributed by atoms with Crippen LogP contribution in [-0.2, 0) is 4.79 Å². The van der Waals surface area contributed by atoms with E-state index in [2.05, 4.69) is 50.3 Å². The summed E-state index contributed by atoms with van der Waals surface area (Å²) >= 11 is 9.23. The third-order valence-corrected chi connectivity index (χ3v) is 5.80. The number of anilines is 2. The Balaban J connectivity index is 1.70. The molecule has 2 amide bonds. The zero-order chi connectivity index (χ0) is 21.0. The van der Waals surface area contributed by atoms with E-state index in [4.69, 9.17) is 11.6 Å². The maximum Gasteiger partial charge on any atom is 0.258 e. The molecule has 1 fully saturated rings. The van der Waals surface area contributed by atoms with Crippen LogP contribution in [0.4, 0.5) is 11.5 Å². The van der Waals surface area contributed by atoms with Crippen molar-refractivity contribution in [1.29, 1.82) is 0 Å². The van der Waals surface area contributed by atoms with Gasteiger partial charge in [0.05, 0.1) is 16.3 Å². The second kappa shape index (κ2) is 9.69. The Hall–Kier alpha value is -1.96. The maximum absolute atomic E-state index is 12.8. The Morgan fingerprint density at radius 2 is 1.90 bits per heavy atom. The van der Waals surface area contributed by atoms with Crippen molar-refractivity contribution in [2.45, 2.75) is 32.7 Å². The molecular weight excluding hydrogens is 456 g/mol. The van der Waals surface area contributed by atoms with Crippen LogP contribution in [0.2, 0.25) is 5.02 Å². The van der Waals surface area contributed by atoms with Gasteiger partial charge in [-0.3, -0.25) is 9.59 Å². The quantitative estimate of drug-likeness (QED) is 0.645. The second-order valence-electron chi connectivity index (χ2n) is 7.40. The summed E-state index contributed by atoms with van der Waals surface area (Å²) in [6.45, 7) is 6.16. The average Bonchev–Trinajstić information content (AvgIpc) is 2.71. The van der Waals surface area contributed by atoms with Gasteiger partial charge in [0.25, 0.3) is 5.91 Å². The number of carbonyl (C=O) groups is 2. The van der Waals surface area contributed by atoms with Gasteiger partial charge < -0.3 is 15.5 Å². The number of nitrogens with one attached hydrogen (secondary N) is 2. The Morgan fingerprint density at radius 3 is 2.52 bits per heavy atom. The Morgan fingerprint density at radius 1 is 1.17 bits per heavy atom. The number of carbonyl (C=O) groups excluding carboxylic acids is 2. The van der Waals surface area contributed by atoms with Gasteiger partial charge in [0.1, 0.15) is 5.82 Å². The Bertz CT molecular complexity index is 881. The van der Waals surface area contributed by atoms with Crippen molar-refractivity contribution in [2.75, 3.05) is 23.7 Å². The summed E-state index contributed by atoms with van der Waals surface area (Å²) in [5.41, 5.74) is 0.847. The standard InChI is InChI=1S/C21H24BrClN4O2/c1-13(2)27-9-7-14(8-10-27)20(28)25-18-5-3-15(22)11-17(18)21(29)26-19-6-4-16(23)12-24-19/h3-6,11-14H,7-10H2,1-2H3,(H,25,28)(H,24,26,29). The summed E-state index contributed by atoms with van der Waals surface area (Å²) < 4.78 is 0.745. The Labute approximate surface area is 184 Å². The van der Waals surface area contributed by atoms with Crippen LogP contribution in [0.25, 0.3) is 0 Å². The molecule has 0 unspecified atom stereocenters. The number of pyridine rings is 1. The SMILES string of the molecule is CC(C)N1CCC(C(=O)Nc2ccc(Br)cc2C(=O)Nc2ccc(Cl)cn2)CC1. The number of rotatable bonds is 5. The monoisotopic (exact) mass is 478 g/mol. The summed E-state index contributed by atoms with van der Waals surface area (Å²) in [6, 6.07) is 8.98. The van der Waals surface area contributed by atoms with Gasteiger partial charge in [0, 0.05) is 22.6 Å². The normalized spacial score (nSPS) is 15.3. The number of halogens is 2. The van der Waals surface area contributed by atoms with E-state index in [0.717, 1.165) is 30.4 Å². The van der Waals surface area contributed by atoms with E-state index >= 15 is 0 Å². The van der Waals surface area contributed by atoms with Gasteiger partial charge in [-0.15, -0.1) is 0 Å². The maximum atomic E-state index is 12.8. The minimum Gasteiger partial charge on any atom is -0.325 e. The lowest BCUT2D eigenvalue weighted by Gasteiger charge is -2.34. The molecule has 0 saturated carbocycles. The topological polar surface area (TPSA) is 74.3 Å². The van der Waals surface area contributed by atoms with Gasteiger partial charge in [0.2, 0.25) is 5.91 Å². The van der Waals surface area contributed by atoms with Gasteiger partial charge >= 0.3 is 0 Å². The number of piperidine rings is 1. The summed E-state index contributed by atoms with van der Waals surface area (Å²) in [5.74, 6) is -0.0688. The predicted molar refractivity (Wildman–Crippen MR) is 119 cm³/mol. The van der Waals surface area contributed by atoms with Crippen molar-refractivity contribution < 1.29 is 9.59 Å². The minimum atomic E-state index is -0.356. The second-order valence-corrected chi connectivity index (χ2v) is 8.75. The van der Waals surface area contributed by atoms with Gasteiger partial charge in [-0.1, -0.05) is 27.5 Å². The summed E-state index contributed by atoms with van der Waals surface area (Å²) in [7, 11) is 0. The predicted octanol–water partition coefficient (Wildman–Crippen LogP) is 4.81. The van der Waals surface area contributed by atoms with Crippen LogP contribution in [0.5, 0.6) is 0 Å². The summed E-state index contributed by atoms with van der Waals surface area (Å²) in [4.78, 5) is 32.0. The molecule has 0 radical (unpaired) electrons. The van der Waals surface area contributed by atoms with Crippen LogP contribution >= 0.6 is 27.5 Å². The highest BCUT2D eigenvalue weighted by atomic mass is 79.9. The molecule has 1 aliphatic heterocycles. The van der Waals surface area contributed by atoms with Crippen molar-refractivity contribution >= 4 is 50.9 Å². The van der Waals surface area contributed by atoms with Crippen LogP contribution in [0.15, 0.2) is 41.0 Å². The molecule has 154 valence electrons. The first-order valence-electron chi connectivity index (χ1n) is 9.61. The van der Waals surface area contributed by atoms with Gasteiger partial charge in [-0.05, 0) is 70.1 Å². The van der Waals surface area contributed by atoms with Crippen molar-refractivity contribution in [3.8, 4) is 0 Å². The largest absolute Gasteiger partial charge is 0.325 e. The molecule has 0 spiro atoms. The third kappa shape index (κ3) is 5.78. The number of nitrogens with zero attached hydrogens (tertiary/aromatic N) is 2. The molecular formula is C21H24BrClN4O2. The fourth-order valence-corrected chi connectivity index (χ4v) is 3.83. The van der Waals surface area contributed by atoms with Gasteiger partial charge in [-0.2, -0.15) is 0 Å². The van der Waals surface area contributed by atoms with E-state index in [9.17, 15) is 9.59 Å². The van der Waals surface area contributed by atoms with E-state index in [1.807, 2.05) is 0 Å². The number of likely N-dealkylation sites (tertiary alicyclic amines) is 1. The lowest BCUT2D eigenvalue weighted by atomic mass is 9.95. The molecule has 0 aliphatic carbocycles. The zero-order valence-electron chi connectivity index (χ0n) is 16.4. The van der Waals surface area contributed by atoms with Crippen LogP contribution < -0.4 is 10.6 Å². The molecule has 8 heteroatoms. The fraction of sp³-hybridized carbons (Fsp3) is 0.381. The van der Waals surface area contributed by atoms with Crippen LogP contribution in [0, 0.1) is 5.92 Å². The minimum absolute atomic E-state index is 0.0469. The van der Waals surface area contributed by atoms with E-state index < -0.39 is 0 Å². The van der Waals surface area contributed by atoms with E-state index in [1.54, 1.807) is 30.3 Å². The molecule has 0 atom stereocenters. The third-order valence-electron chi connectivity index (χ3n) is 5.08. The van der Waals surface area contributed by atoms with E-state index in [-0.39, 0.29) is 17.7 Å². The number of hydrogen-bond acceptors (Lipinski definition) is 4. The molecule has 2 N–H and O–H groups in total. The molecule has 6 nitrogen and oxygen atoms in total. The van der Waals surface area contributed by atoms with Crippen molar-refractivity contribution in [2.24, 2.45) is 5.92 Å². The number of benzene rings is 1. The highest BCUT2D eigenvalue weighted by molar-refractivity contribution is 9.10. The van der Waals surface area contributed by atoms with Crippen molar-refractivity contribution in [1.82, 2.24) is 9.88 Å². The first-order chi connectivity index (χ1) is 13.8.